The van der Waals surface area contributed by atoms with Crippen LogP contribution >= 0.6 is 11.6 Å². The summed E-state index contributed by atoms with van der Waals surface area (Å²) in [4.78, 5) is 12.2. The number of hydrogen-bond donors (Lipinski definition) is 2. The van der Waals surface area contributed by atoms with Crippen molar-refractivity contribution in [2.24, 2.45) is 0 Å². The van der Waals surface area contributed by atoms with E-state index in [1.165, 1.54) is 7.11 Å². The minimum atomic E-state index is -0.298. The lowest BCUT2D eigenvalue weighted by Crippen LogP contribution is -2.13. The maximum absolute atomic E-state index is 12.2. The van der Waals surface area contributed by atoms with Crippen molar-refractivity contribution in [1.82, 2.24) is 0 Å². The molecule has 2 aromatic carbocycles. The molecule has 0 saturated carbocycles. The number of aliphatic hydroxyl groups is 1. The second kappa shape index (κ2) is 6.41. The molecule has 4 nitrogen and oxygen atoms in total. The van der Waals surface area contributed by atoms with Crippen LogP contribution in [0.25, 0.3) is 0 Å². The first-order valence-corrected chi connectivity index (χ1v) is 6.36. The number of benzene rings is 2. The number of carbonyl (C=O) groups is 1. The lowest BCUT2D eigenvalue weighted by Gasteiger charge is -2.10. The second-order valence-electron chi connectivity index (χ2n) is 4.16. The standard InChI is InChI=1S/C15H14ClNO3/c1-20-14-8-11(16)5-6-13(14)15(19)17-12-4-2-3-10(7-12)9-18/h2-8,18H,9H2,1H3,(H,17,19). The average Bonchev–Trinajstić information content (AvgIpc) is 2.47. The van der Waals surface area contributed by atoms with Crippen molar-refractivity contribution in [1.29, 1.82) is 0 Å². The van der Waals surface area contributed by atoms with E-state index in [2.05, 4.69) is 5.32 Å². The van der Waals surface area contributed by atoms with Crippen LogP contribution in [-0.4, -0.2) is 18.1 Å². The van der Waals surface area contributed by atoms with Gasteiger partial charge in [0, 0.05) is 10.7 Å². The normalized spacial score (nSPS) is 10.2. The summed E-state index contributed by atoms with van der Waals surface area (Å²) in [6.45, 7) is -0.0754. The van der Waals surface area contributed by atoms with E-state index in [9.17, 15) is 4.79 Å². The molecule has 5 heteroatoms. The summed E-state index contributed by atoms with van der Waals surface area (Å²) >= 11 is 5.86. The van der Waals surface area contributed by atoms with E-state index in [4.69, 9.17) is 21.4 Å². The Morgan fingerprint density at radius 1 is 1.30 bits per heavy atom. The summed E-state index contributed by atoms with van der Waals surface area (Å²) < 4.78 is 5.14. The zero-order chi connectivity index (χ0) is 14.5. The van der Waals surface area contributed by atoms with Gasteiger partial charge in [0.1, 0.15) is 5.75 Å². The van der Waals surface area contributed by atoms with Gasteiger partial charge in [-0.2, -0.15) is 0 Å². The van der Waals surface area contributed by atoms with Crippen LogP contribution in [-0.2, 0) is 6.61 Å². The molecule has 0 heterocycles. The van der Waals surface area contributed by atoms with Crippen molar-refractivity contribution in [2.45, 2.75) is 6.61 Å². The molecule has 0 spiro atoms. The molecule has 0 atom stereocenters. The number of anilines is 1. The van der Waals surface area contributed by atoms with Gasteiger partial charge in [0.15, 0.2) is 0 Å². The van der Waals surface area contributed by atoms with Crippen molar-refractivity contribution >= 4 is 23.2 Å². The Bertz CT molecular complexity index is 628. The molecule has 0 aliphatic heterocycles. The summed E-state index contributed by atoms with van der Waals surface area (Å²) in [7, 11) is 1.48. The van der Waals surface area contributed by atoms with E-state index in [-0.39, 0.29) is 12.5 Å². The Morgan fingerprint density at radius 2 is 2.10 bits per heavy atom. The van der Waals surface area contributed by atoms with Gasteiger partial charge in [0.05, 0.1) is 19.3 Å². The van der Waals surface area contributed by atoms with Crippen molar-refractivity contribution in [3.8, 4) is 5.75 Å². The number of rotatable bonds is 4. The SMILES string of the molecule is COc1cc(Cl)ccc1C(=O)Nc1cccc(CO)c1. The summed E-state index contributed by atoms with van der Waals surface area (Å²) in [5, 5.41) is 12.3. The molecule has 0 bridgehead atoms. The minimum Gasteiger partial charge on any atom is -0.496 e. The van der Waals surface area contributed by atoms with Crippen LogP contribution < -0.4 is 10.1 Å². The third-order valence-corrected chi connectivity index (χ3v) is 3.01. The fraction of sp³-hybridized carbons (Fsp3) is 0.133. The highest BCUT2D eigenvalue weighted by atomic mass is 35.5. The van der Waals surface area contributed by atoms with Crippen LogP contribution in [0.5, 0.6) is 5.75 Å². The van der Waals surface area contributed by atoms with E-state index in [1.807, 2.05) is 0 Å². The number of nitrogens with one attached hydrogen (secondary N) is 1. The number of ether oxygens (including phenoxy) is 1. The highest BCUT2D eigenvalue weighted by Gasteiger charge is 2.13. The molecule has 0 aliphatic carbocycles. The second-order valence-corrected chi connectivity index (χ2v) is 4.59. The average molecular weight is 292 g/mol. The molecule has 0 unspecified atom stereocenters. The molecule has 2 rings (SSSR count). The number of carbonyl (C=O) groups excluding carboxylic acids is 1. The minimum absolute atomic E-state index is 0.0754. The van der Waals surface area contributed by atoms with E-state index >= 15 is 0 Å². The first-order chi connectivity index (χ1) is 9.63. The summed E-state index contributed by atoms with van der Waals surface area (Å²) in [5.41, 5.74) is 1.73. The molecular formula is C15H14ClNO3. The monoisotopic (exact) mass is 291 g/mol. The number of amides is 1. The lowest BCUT2D eigenvalue weighted by atomic mass is 10.1. The molecule has 0 saturated heterocycles. The zero-order valence-corrected chi connectivity index (χ0v) is 11.6. The Morgan fingerprint density at radius 3 is 2.80 bits per heavy atom. The molecule has 104 valence electrons. The van der Waals surface area contributed by atoms with Crippen molar-refractivity contribution in [3.05, 3.63) is 58.6 Å². The van der Waals surface area contributed by atoms with Crippen LogP contribution in [0.4, 0.5) is 5.69 Å². The summed E-state index contributed by atoms with van der Waals surface area (Å²) in [6, 6.07) is 11.8. The lowest BCUT2D eigenvalue weighted by molar-refractivity contribution is 0.102. The molecule has 0 aliphatic rings. The third-order valence-electron chi connectivity index (χ3n) is 2.78. The first-order valence-electron chi connectivity index (χ1n) is 5.98. The van der Waals surface area contributed by atoms with Gasteiger partial charge in [-0.05, 0) is 35.9 Å². The number of halogens is 1. The first kappa shape index (κ1) is 14.4. The van der Waals surface area contributed by atoms with E-state index < -0.39 is 0 Å². The van der Waals surface area contributed by atoms with Gasteiger partial charge >= 0.3 is 0 Å². The molecule has 0 fully saturated rings. The topological polar surface area (TPSA) is 58.6 Å². The van der Waals surface area contributed by atoms with Gasteiger partial charge in [-0.3, -0.25) is 4.79 Å². The third kappa shape index (κ3) is 3.29. The van der Waals surface area contributed by atoms with E-state index in [0.29, 0.717) is 22.0 Å². The highest BCUT2D eigenvalue weighted by molar-refractivity contribution is 6.31. The van der Waals surface area contributed by atoms with E-state index in [1.54, 1.807) is 42.5 Å². The van der Waals surface area contributed by atoms with Gasteiger partial charge in [0.2, 0.25) is 0 Å². The number of hydrogen-bond acceptors (Lipinski definition) is 3. The smallest absolute Gasteiger partial charge is 0.259 e. The number of aliphatic hydroxyl groups excluding tert-OH is 1. The quantitative estimate of drug-likeness (QED) is 0.910. The van der Waals surface area contributed by atoms with Crippen LogP contribution in [0.3, 0.4) is 0 Å². The zero-order valence-electron chi connectivity index (χ0n) is 10.9. The molecule has 20 heavy (non-hydrogen) atoms. The van der Waals surface area contributed by atoms with Crippen molar-refractivity contribution in [2.75, 3.05) is 12.4 Å². The predicted octanol–water partition coefficient (Wildman–Crippen LogP) is 3.09. The molecule has 2 aromatic rings. The van der Waals surface area contributed by atoms with Crippen molar-refractivity contribution < 1.29 is 14.6 Å². The molecular weight excluding hydrogens is 278 g/mol. The van der Waals surface area contributed by atoms with Gasteiger partial charge < -0.3 is 15.2 Å². The Hall–Kier alpha value is -2.04. The largest absolute Gasteiger partial charge is 0.496 e. The maximum atomic E-state index is 12.2. The van der Waals surface area contributed by atoms with Gasteiger partial charge in [-0.1, -0.05) is 23.7 Å². The Kier molecular flexibility index (Phi) is 4.61. The van der Waals surface area contributed by atoms with Crippen molar-refractivity contribution in [3.63, 3.8) is 0 Å². The molecule has 2 N–H and O–H groups in total. The molecule has 0 radical (unpaired) electrons. The van der Waals surface area contributed by atoms with Gasteiger partial charge in [-0.25, -0.2) is 0 Å². The Balaban J connectivity index is 2.23. The van der Waals surface area contributed by atoms with Crippen LogP contribution in [0, 0.1) is 0 Å². The van der Waals surface area contributed by atoms with Gasteiger partial charge in [-0.15, -0.1) is 0 Å². The predicted molar refractivity (Wildman–Crippen MR) is 78.3 cm³/mol. The summed E-state index contributed by atoms with van der Waals surface area (Å²) in [6.07, 6.45) is 0. The van der Waals surface area contributed by atoms with Crippen LogP contribution in [0.2, 0.25) is 5.02 Å². The maximum Gasteiger partial charge on any atom is 0.259 e. The van der Waals surface area contributed by atoms with Crippen LogP contribution in [0.15, 0.2) is 42.5 Å². The Labute approximate surface area is 122 Å². The number of methoxy groups -OCH3 is 1. The fourth-order valence-corrected chi connectivity index (χ4v) is 1.96. The molecule has 1 amide bonds. The van der Waals surface area contributed by atoms with Crippen LogP contribution in [0.1, 0.15) is 15.9 Å². The van der Waals surface area contributed by atoms with Gasteiger partial charge in [0.25, 0.3) is 5.91 Å². The highest BCUT2D eigenvalue weighted by Crippen LogP contribution is 2.24. The summed E-state index contributed by atoms with van der Waals surface area (Å²) in [5.74, 6) is 0.113. The fourth-order valence-electron chi connectivity index (χ4n) is 1.80. The molecule has 0 aromatic heterocycles. The van der Waals surface area contributed by atoms with E-state index in [0.717, 1.165) is 5.56 Å².